The standard InChI is InChI=1S/C13H14O2/c1-12(14)15-11-7-3-6-10-13-8-4-2-5-9-13/h2-10H,11H2,1H3/b7-3+,10-6+. The van der Waals surface area contributed by atoms with Crippen LogP contribution in [0, 0.1) is 0 Å². The fraction of sp³-hybridized carbons (Fsp3) is 0.154. The predicted molar refractivity (Wildman–Crippen MR) is 61.2 cm³/mol. The summed E-state index contributed by atoms with van der Waals surface area (Å²) in [5.74, 6) is -0.258. The third-order valence-corrected chi connectivity index (χ3v) is 1.72. The Morgan fingerprint density at radius 3 is 2.67 bits per heavy atom. The third-order valence-electron chi connectivity index (χ3n) is 1.72. The van der Waals surface area contributed by atoms with Gasteiger partial charge >= 0.3 is 5.97 Å². The lowest BCUT2D eigenvalue weighted by atomic mass is 10.2. The fourth-order valence-corrected chi connectivity index (χ4v) is 1.03. The molecule has 0 unspecified atom stereocenters. The lowest BCUT2D eigenvalue weighted by molar-refractivity contribution is -0.139. The molecule has 0 saturated heterocycles. The van der Waals surface area contributed by atoms with E-state index in [1.54, 1.807) is 6.08 Å². The smallest absolute Gasteiger partial charge is 0.302 e. The van der Waals surface area contributed by atoms with Crippen molar-refractivity contribution < 1.29 is 9.53 Å². The van der Waals surface area contributed by atoms with Crippen molar-refractivity contribution in [3.8, 4) is 0 Å². The highest BCUT2D eigenvalue weighted by Gasteiger charge is 1.85. The molecule has 1 aromatic rings. The highest BCUT2D eigenvalue weighted by molar-refractivity contribution is 5.66. The summed E-state index contributed by atoms with van der Waals surface area (Å²) in [5.41, 5.74) is 1.15. The van der Waals surface area contributed by atoms with Crippen LogP contribution >= 0.6 is 0 Å². The maximum atomic E-state index is 10.4. The third kappa shape index (κ3) is 5.47. The molecule has 0 spiro atoms. The van der Waals surface area contributed by atoms with E-state index in [-0.39, 0.29) is 5.97 Å². The molecule has 0 aliphatic carbocycles. The normalized spacial score (nSPS) is 11.0. The van der Waals surface area contributed by atoms with E-state index in [1.807, 2.05) is 48.6 Å². The lowest BCUT2D eigenvalue weighted by Gasteiger charge is -1.93. The molecule has 0 atom stereocenters. The highest BCUT2D eigenvalue weighted by atomic mass is 16.5. The molecule has 0 radical (unpaired) electrons. The van der Waals surface area contributed by atoms with Crippen molar-refractivity contribution in [3.05, 3.63) is 54.1 Å². The Morgan fingerprint density at radius 2 is 2.00 bits per heavy atom. The van der Waals surface area contributed by atoms with Gasteiger partial charge in [-0.05, 0) is 11.6 Å². The van der Waals surface area contributed by atoms with Crippen molar-refractivity contribution >= 4 is 12.0 Å². The van der Waals surface area contributed by atoms with Crippen LogP contribution in [-0.4, -0.2) is 12.6 Å². The lowest BCUT2D eigenvalue weighted by Crippen LogP contribution is -1.96. The molecule has 0 amide bonds. The number of rotatable bonds is 4. The number of hydrogen-bond acceptors (Lipinski definition) is 2. The molecule has 0 heterocycles. The van der Waals surface area contributed by atoms with Gasteiger partial charge in [0.05, 0.1) is 0 Å². The SMILES string of the molecule is CC(=O)OC/C=C/C=C/c1ccccc1. The summed E-state index contributed by atoms with van der Waals surface area (Å²) in [6.45, 7) is 1.72. The van der Waals surface area contributed by atoms with Gasteiger partial charge in [0, 0.05) is 6.92 Å². The van der Waals surface area contributed by atoms with Gasteiger partial charge in [-0.15, -0.1) is 0 Å². The largest absolute Gasteiger partial charge is 0.462 e. The van der Waals surface area contributed by atoms with Gasteiger partial charge in [0.2, 0.25) is 0 Å². The minimum atomic E-state index is -0.258. The van der Waals surface area contributed by atoms with Gasteiger partial charge in [0.25, 0.3) is 0 Å². The zero-order valence-corrected chi connectivity index (χ0v) is 8.72. The predicted octanol–water partition coefficient (Wildman–Crippen LogP) is 2.82. The van der Waals surface area contributed by atoms with E-state index in [1.165, 1.54) is 6.92 Å². The molecule has 0 bridgehead atoms. The first-order valence-electron chi connectivity index (χ1n) is 4.80. The molecule has 0 aromatic heterocycles. The Balaban J connectivity index is 2.31. The van der Waals surface area contributed by atoms with Crippen molar-refractivity contribution in [3.63, 3.8) is 0 Å². The van der Waals surface area contributed by atoms with Gasteiger partial charge in [-0.3, -0.25) is 4.79 Å². The molecule has 2 nitrogen and oxygen atoms in total. The number of benzene rings is 1. The quantitative estimate of drug-likeness (QED) is 0.554. The van der Waals surface area contributed by atoms with E-state index in [4.69, 9.17) is 4.74 Å². The van der Waals surface area contributed by atoms with Crippen LogP contribution in [0.1, 0.15) is 12.5 Å². The van der Waals surface area contributed by atoms with E-state index in [0.717, 1.165) is 5.56 Å². The van der Waals surface area contributed by atoms with Gasteiger partial charge < -0.3 is 4.74 Å². The second-order valence-corrected chi connectivity index (χ2v) is 3.00. The maximum Gasteiger partial charge on any atom is 0.302 e. The van der Waals surface area contributed by atoms with E-state index in [2.05, 4.69) is 0 Å². The van der Waals surface area contributed by atoms with Crippen molar-refractivity contribution in [2.45, 2.75) is 6.92 Å². The van der Waals surface area contributed by atoms with E-state index in [0.29, 0.717) is 6.61 Å². The number of carbonyl (C=O) groups is 1. The first-order chi connectivity index (χ1) is 7.29. The van der Waals surface area contributed by atoms with E-state index in [9.17, 15) is 4.79 Å². The second kappa shape index (κ2) is 6.60. The van der Waals surface area contributed by atoms with Crippen LogP contribution < -0.4 is 0 Å². The monoisotopic (exact) mass is 202 g/mol. The van der Waals surface area contributed by atoms with Gasteiger partial charge in [0.1, 0.15) is 6.61 Å². The first kappa shape index (κ1) is 11.2. The number of carbonyl (C=O) groups excluding carboxylic acids is 1. The molecule has 0 N–H and O–H groups in total. The van der Waals surface area contributed by atoms with Gasteiger partial charge in [-0.25, -0.2) is 0 Å². The number of esters is 1. The van der Waals surface area contributed by atoms with Crippen LogP contribution in [0.4, 0.5) is 0 Å². The summed E-state index contributed by atoms with van der Waals surface area (Å²) in [7, 11) is 0. The second-order valence-electron chi connectivity index (χ2n) is 3.00. The van der Waals surface area contributed by atoms with Crippen molar-refractivity contribution in [1.29, 1.82) is 0 Å². The molecule has 1 aromatic carbocycles. The van der Waals surface area contributed by atoms with Crippen LogP contribution in [0.3, 0.4) is 0 Å². The minimum absolute atomic E-state index is 0.258. The first-order valence-corrected chi connectivity index (χ1v) is 4.80. The Bertz CT molecular complexity index is 350. The summed E-state index contributed by atoms with van der Waals surface area (Å²) in [4.78, 5) is 10.4. The Morgan fingerprint density at radius 1 is 1.27 bits per heavy atom. The summed E-state index contributed by atoms with van der Waals surface area (Å²) in [6, 6.07) is 10.0. The minimum Gasteiger partial charge on any atom is -0.462 e. The summed E-state index contributed by atoms with van der Waals surface area (Å²) >= 11 is 0. The van der Waals surface area contributed by atoms with Crippen LogP contribution in [0.25, 0.3) is 6.08 Å². The van der Waals surface area contributed by atoms with Crippen LogP contribution in [-0.2, 0) is 9.53 Å². The molecule has 2 heteroatoms. The summed E-state index contributed by atoms with van der Waals surface area (Å²) in [6.07, 6.45) is 7.56. The molecule has 0 aliphatic rings. The topological polar surface area (TPSA) is 26.3 Å². The average Bonchev–Trinajstić information content (AvgIpc) is 2.24. The zero-order chi connectivity index (χ0) is 10.9. The van der Waals surface area contributed by atoms with E-state index >= 15 is 0 Å². The maximum absolute atomic E-state index is 10.4. The van der Waals surface area contributed by atoms with Crippen LogP contribution in [0.15, 0.2) is 48.6 Å². The molecule has 0 fully saturated rings. The Hall–Kier alpha value is -1.83. The van der Waals surface area contributed by atoms with Gasteiger partial charge in [-0.2, -0.15) is 0 Å². The highest BCUT2D eigenvalue weighted by Crippen LogP contribution is 2.00. The molecule has 1 rings (SSSR count). The van der Waals surface area contributed by atoms with Gasteiger partial charge in [-0.1, -0.05) is 48.6 Å². The molecule has 0 aliphatic heterocycles. The van der Waals surface area contributed by atoms with Gasteiger partial charge in [0.15, 0.2) is 0 Å². The average molecular weight is 202 g/mol. The Kier molecular flexibility index (Phi) is 4.95. The fourth-order valence-electron chi connectivity index (χ4n) is 1.03. The molecule has 15 heavy (non-hydrogen) atoms. The van der Waals surface area contributed by atoms with Crippen molar-refractivity contribution in [2.24, 2.45) is 0 Å². The van der Waals surface area contributed by atoms with Crippen molar-refractivity contribution in [1.82, 2.24) is 0 Å². The molecule has 0 saturated carbocycles. The zero-order valence-electron chi connectivity index (χ0n) is 8.72. The number of hydrogen-bond donors (Lipinski definition) is 0. The molecular formula is C13H14O2. The van der Waals surface area contributed by atoms with E-state index < -0.39 is 0 Å². The molecule has 78 valence electrons. The number of allylic oxidation sites excluding steroid dienone is 2. The van der Waals surface area contributed by atoms with Crippen molar-refractivity contribution in [2.75, 3.05) is 6.61 Å². The van der Waals surface area contributed by atoms with Crippen LogP contribution in [0.5, 0.6) is 0 Å². The molecular weight excluding hydrogens is 188 g/mol. The summed E-state index contributed by atoms with van der Waals surface area (Å²) < 4.78 is 4.73. The number of ether oxygens (including phenoxy) is 1. The van der Waals surface area contributed by atoms with Crippen LogP contribution in [0.2, 0.25) is 0 Å². The summed E-state index contributed by atoms with van der Waals surface area (Å²) in [5, 5.41) is 0. The Labute approximate surface area is 89.9 Å².